The number of aryl methyl sites for hydroxylation is 1. The van der Waals surface area contributed by atoms with Crippen LogP contribution in [-0.2, 0) is 0 Å². The van der Waals surface area contributed by atoms with Crippen LogP contribution in [0.2, 0.25) is 10.0 Å². The van der Waals surface area contributed by atoms with Gasteiger partial charge < -0.3 is 0 Å². The zero-order valence-corrected chi connectivity index (χ0v) is 11.9. The van der Waals surface area contributed by atoms with Crippen molar-refractivity contribution in [3.63, 3.8) is 0 Å². The van der Waals surface area contributed by atoms with Crippen LogP contribution in [0, 0.1) is 6.92 Å². The SMILES string of the molecule is Cc1ccc(Cl)c2c(Cl)cc(C3CCCC3)nc12. The van der Waals surface area contributed by atoms with Crippen molar-refractivity contribution in [2.45, 2.75) is 38.5 Å². The molecule has 0 spiro atoms. The molecule has 0 N–H and O–H groups in total. The lowest BCUT2D eigenvalue weighted by molar-refractivity contribution is 0.701. The van der Waals surface area contributed by atoms with Crippen molar-refractivity contribution in [2.75, 3.05) is 0 Å². The zero-order valence-electron chi connectivity index (χ0n) is 10.3. The minimum Gasteiger partial charge on any atom is -0.252 e. The van der Waals surface area contributed by atoms with Gasteiger partial charge in [-0.1, -0.05) is 42.1 Å². The van der Waals surface area contributed by atoms with Crippen LogP contribution in [0.3, 0.4) is 0 Å². The molecule has 1 aliphatic carbocycles. The van der Waals surface area contributed by atoms with Crippen LogP contribution in [0.4, 0.5) is 0 Å². The van der Waals surface area contributed by atoms with Gasteiger partial charge in [0.05, 0.1) is 15.6 Å². The summed E-state index contributed by atoms with van der Waals surface area (Å²) in [6, 6.07) is 5.90. The summed E-state index contributed by atoms with van der Waals surface area (Å²) in [5.41, 5.74) is 3.23. The van der Waals surface area contributed by atoms with E-state index >= 15 is 0 Å². The summed E-state index contributed by atoms with van der Waals surface area (Å²) in [6.07, 6.45) is 5.07. The first kappa shape index (κ1) is 12.3. The first-order chi connectivity index (χ1) is 8.66. The topological polar surface area (TPSA) is 12.9 Å². The summed E-state index contributed by atoms with van der Waals surface area (Å²) in [5.74, 6) is 0.574. The molecule has 94 valence electrons. The third-order valence-corrected chi connectivity index (χ3v) is 4.47. The molecule has 1 heterocycles. The number of aromatic nitrogens is 1. The molecule has 0 atom stereocenters. The van der Waals surface area contributed by atoms with Crippen molar-refractivity contribution in [3.8, 4) is 0 Å². The van der Waals surface area contributed by atoms with Gasteiger partial charge in [-0.2, -0.15) is 0 Å². The predicted octanol–water partition coefficient (Wildman–Crippen LogP) is 5.51. The van der Waals surface area contributed by atoms with Gasteiger partial charge in [-0.05, 0) is 37.5 Å². The fourth-order valence-corrected chi connectivity index (χ4v) is 3.44. The quantitative estimate of drug-likeness (QED) is 0.671. The van der Waals surface area contributed by atoms with Crippen molar-refractivity contribution < 1.29 is 0 Å². The van der Waals surface area contributed by atoms with Crippen LogP contribution >= 0.6 is 23.2 Å². The molecule has 0 bridgehead atoms. The normalized spacial score (nSPS) is 16.6. The third kappa shape index (κ3) is 2.00. The molecule has 1 fully saturated rings. The standard InChI is InChI=1S/C15H15Cl2N/c1-9-6-7-11(16)14-12(17)8-13(18-15(9)14)10-4-2-3-5-10/h6-8,10H,2-5H2,1H3. The average molecular weight is 280 g/mol. The van der Waals surface area contributed by atoms with E-state index in [1.54, 1.807) is 0 Å². The number of halogens is 2. The number of fused-ring (bicyclic) bond motifs is 1. The van der Waals surface area contributed by atoms with E-state index in [4.69, 9.17) is 28.2 Å². The van der Waals surface area contributed by atoms with E-state index in [1.807, 2.05) is 18.2 Å². The molecule has 3 heteroatoms. The largest absolute Gasteiger partial charge is 0.252 e. The van der Waals surface area contributed by atoms with Gasteiger partial charge in [0.1, 0.15) is 0 Å². The summed E-state index contributed by atoms with van der Waals surface area (Å²) in [5, 5.41) is 2.31. The fourth-order valence-electron chi connectivity index (χ4n) is 2.84. The van der Waals surface area contributed by atoms with Gasteiger partial charge in [-0.15, -0.1) is 0 Å². The molecule has 1 nitrogen and oxygen atoms in total. The van der Waals surface area contributed by atoms with Gasteiger partial charge in [0.25, 0.3) is 0 Å². The van der Waals surface area contributed by atoms with Crippen LogP contribution in [-0.4, -0.2) is 4.98 Å². The van der Waals surface area contributed by atoms with E-state index in [0.717, 1.165) is 27.2 Å². The maximum atomic E-state index is 6.39. The lowest BCUT2D eigenvalue weighted by atomic mass is 10.0. The third-order valence-electron chi connectivity index (χ3n) is 3.86. The summed E-state index contributed by atoms with van der Waals surface area (Å²) in [7, 11) is 0. The Hall–Kier alpha value is -0.790. The Kier molecular flexibility index (Phi) is 3.21. The molecule has 0 unspecified atom stereocenters. The predicted molar refractivity (Wildman–Crippen MR) is 77.7 cm³/mol. The Morgan fingerprint density at radius 1 is 1.11 bits per heavy atom. The molecule has 1 saturated carbocycles. The van der Waals surface area contributed by atoms with E-state index in [0.29, 0.717) is 10.9 Å². The maximum Gasteiger partial charge on any atom is 0.0764 e. The second-order valence-corrected chi connectivity index (χ2v) is 5.91. The first-order valence-electron chi connectivity index (χ1n) is 6.42. The monoisotopic (exact) mass is 279 g/mol. The first-order valence-corrected chi connectivity index (χ1v) is 7.17. The average Bonchev–Trinajstić information content (AvgIpc) is 2.87. The second kappa shape index (κ2) is 4.71. The Balaban J connectivity index is 2.23. The van der Waals surface area contributed by atoms with E-state index < -0.39 is 0 Å². The highest BCUT2D eigenvalue weighted by molar-refractivity contribution is 6.42. The maximum absolute atomic E-state index is 6.39. The summed E-state index contributed by atoms with van der Waals surface area (Å²) in [4.78, 5) is 4.81. The smallest absolute Gasteiger partial charge is 0.0764 e. The number of benzene rings is 1. The lowest BCUT2D eigenvalue weighted by Gasteiger charge is -2.13. The van der Waals surface area contributed by atoms with Crippen LogP contribution in [0.1, 0.15) is 42.9 Å². The molecule has 1 aromatic carbocycles. The van der Waals surface area contributed by atoms with Gasteiger partial charge in [0.15, 0.2) is 0 Å². The minimum absolute atomic E-state index is 0.574. The van der Waals surface area contributed by atoms with Gasteiger partial charge >= 0.3 is 0 Å². The Morgan fingerprint density at radius 2 is 1.83 bits per heavy atom. The van der Waals surface area contributed by atoms with Crippen LogP contribution < -0.4 is 0 Å². The Morgan fingerprint density at radius 3 is 2.56 bits per heavy atom. The fraction of sp³-hybridized carbons (Fsp3) is 0.400. The molecule has 0 amide bonds. The number of rotatable bonds is 1. The van der Waals surface area contributed by atoms with Crippen molar-refractivity contribution in [1.29, 1.82) is 0 Å². The van der Waals surface area contributed by atoms with E-state index in [-0.39, 0.29) is 0 Å². The molecular weight excluding hydrogens is 265 g/mol. The van der Waals surface area contributed by atoms with Crippen LogP contribution in [0.25, 0.3) is 10.9 Å². The molecule has 1 aliphatic rings. The van der Waals surface area contributed by atoms with Crippen molar-refractivity contribution in [2.24, 2.45) is 0 Å². The molecule has 0 radical (unpaired) electrons. The Bertz CT molecular complexity index is 601. The number of pyridine rings is 1. The van der Waals surface area contributed by atoms with Gasteiger partial charge in [0, 0.05) is 17.0 Å². The van der Waals surface area contributed by atoms with Crippen molar-refractivity contribution >= 4 is 34.1 Å². The van der Waals surface area contributed by atoms with E-state index in [9.17, 15) is 0 Å². The van der Waals surface area contributed by atoms with E-state index in [1.165, 1.54) is 25.7 Å². The number of hydrogen-bond donors (Lipinski definition) is 0. The number of hydrogen-bond acceptors (Lipinski definition) is 1. The molecule has 18 heavy (non-hydrogen) atoms. The molecule has 1 aromatic heterocycles. The highest BCUT2D eigenvalue weighted by Gasteiger charge is 2.20. The zero-order chi connectivity index (χ0) is 12.7. The van der Waals surface area contributed by atoms with Crippen molar-refractivity contribution in [3.05, 3.63) is 39.5 Å². The number of nitrogens with zero attached hydrogens (tertiary/aromatic N) is 1. The highest BCUT2D eigenvalue weighted by atomic mass is 35.5. The van der Waals surface area contributed by atoms with Crippen LogP contribution in [0.5, 0.6) is 0 Å². The molecule has 0 aliphatic heterocycles. The van der Waals surface area contributed by atoms with Gasteiger partial charge in [-0.25, -0.2) is 0 Å². The minimum atomic E-state index is 0.574. The summed E-state index contributed by atoms with van der Waals surface area (Å²) < 4.78 is 0. The Labute approximate surface area is 117 Å². The molecule has 3 rings (SSSR count). The summed E-state index contributed by atoms with van der Waals surface area (Å²) >= 11 is 12.6. The summed E-state index contributed by atoms with van der Waals surface area (Å²) in [6.45, 7) is 2.06. The van der Waals surface area contributed by atoms with Crippen LogP contribution in [0.15, 0.2) is 18.2 Å². The van der Waals surface area contributed by atoms with Crippen molar-refractivity contribution in [1.82, 2.24) is 4.98 Å². The molecular formula is C15H15Cl2N. The van der Waals surface area contributed by atoms with Gasteiger partial charge in [-0.3, -0.25) is 4.98 Å². The molecule has 2 aromatic rings. The lowest BCUT2D eigenvalue weighted by Crippen LogP contribution is -1.98. The molecule has 0 saturated heterocycles. The highest BCUT2D eigenvalue weighted by Crippen LogP contribution is 2.38. The second-order valence-electron chi connectivity index (χ2n) is 5.10. The van der Waals surface area contributed by atoms with E-state index in [2.05, 4.69) is 6.92 Å². The van der Waals surface area contributed by atoms with Gasteiger partial charge in [0.2, 0.25) is 0 Å².